The average Bonchev–Trinajstić information content (AvgIpc) is 2.84. The molecule has 2 unspecified atom stereocenters. The van der Waals surface area contributed by atoms with E-state index in [2.05, 4.69) is 9.88 Å². The molecule has 0 radical (unpaired) electrons. The minimum absolute atomic E-state index is 0.255. The van der Waals surface area contributed by atoms with Crippen LogP contribution in [-0.4, -0.2) is 41.4 Å². The lowest BCUT2D eigenvalue weighted by Crippen LogP contribution is -2.43. The summed E-state index contributed by atoms with van der Waals surface area (Å²) in [6, 6.07) is 7.58. The lowest BCUT2D eigenvalue weighted by Gasteiger charge is -2.33. The fraction of sp³-hybridized carbons (Fsp3) is 0.375. The van der Waals surface area contributed by atoms with Crippen LogP contribution in [0.25, 0.3) is 10.8 Å². The molecule has 2 saturated heterocycles. The Morgan fingerprint density at radius 1 is 1.19 bits per heavy atom. The number of hydrogen-bond donors (Lipinski definition) is 1. The Morgan fingerprint density at radius 3 is 2.52 bits per heavy atom. The Bertz CT molecular complexity index is 704. The topological polar surface area (TPSA) is 62.7 Å². The molecule has 21 heavy (non-hydrogen) atoms. The summed E-state index contributed by atoms with van der Waals surface area (Å²) in [5.74, 6) is -0.0666. The van der Waals surface area contributed by atoms with Gasteiger partial charge in [-0.1, -0.05) is 24.3 Å². The van der Waals surface area contributed by atoms with Crippen molar-refractivity contribution in [1.29, 1.82) is 0 Å². The fourth-order valence-corrected chi connectivity index (χ4v) is 3.39. The van der Waals surface area contributed by atoms with Gasteiger partial charge in [-0.15, -0.1) is 0 Å². The second kappa shape index (κ2) is 4.70. The highest BCUT2D eigenvalue weighted by Crippen LogP contribution is 2.33. The van der Waals surface area contributed by atoms with Crippen molar-refractivity contribution >= 4 is 22.6 Å². The molecule has 1 aromatic carbocycles. The Morgan fingerprint density at radius 2 is 1.86 bits per heavy atom. The minimum Gasteiger partial charge on any atom is -0.478 e. The van der Waals surface area contributed by atoms with E-state index < -0.39 is 5.97 Å². The van der Waals surface area contributed by atoms with Gasteiger partial charge in [-0.3, -0.25) is 0 Å². The van der Waals surface area contributed by atoms with Gasteiger partial charge in [-0.05, 0) is 12.8 Å². The SMILES string of the molecule is O=C(O)c1cnc(N2CC3CCC(C2)O3)c2ccccc12. The summed E-state index contributed by atoms with van der Waals surface area (Å²) in [6.07, 6.45) is 4.24. The molecule has 2 aromatic rings. The van der Waals surface area contributed by atoms with Gasteiger partial charge in [0.2, 0.25) is 0 Å². The number of aromatic nitrogens is 1. The van der Waals surface area contributed by atoms with Gasteiger partial charge in [0.1, 0.15) is 5.82 Å². The minimum atomic E-state index is -0.938. The molecule has 3 heterocycles. The van der Waals surface area contributed by atoms with Gasteiger partial charge >= 0.3 is 5.97 Å². The normalized spacial score (nSPS) is 24.5. The first-order valence-electron chi connectivity index (χ1n) is 7.24. The number of anilines is 1. The number of benzene rings is 1. The highest BCUT2D eigenvalue weighted by molar-refractivity contribution is 6.06. The van der Waals surface area contributed by atoms with Gasteiger partial charge in [0, 0.05) is 30.1 Å². The predicted molar refractivity (Wildman–Crippen MR) is 78.8 cm³/mol. The largest absolute Gasteiger partial charge is 0.478 e. The number of carbonyl (C=O) groups is 1. The van der Waals surface area contributed by atoms with E-state index in [1.54, 1.807) is 0 Å². The molecule has 4 rings (SSSR count). The molecule has 108 valence electrons. The van der Waals surface area contributed by atoms with E-state index in [4.69, 9.17) is 4.74 Å². The van der Waals surface area contributed by atoms with E-state index in [9.17, 15) is 9.90 Å². The van der Waals surface area contributed by atoms with E-state index >= 15 is 0 Å². The highest BCUT2D eigenvalue weighted by atomic mass is 16.5. The predicted octanol–water partition coefficient (Wildman–Crippen LogP) is 2.30. The van der Waals surface area contributed by atoms with Crippen LogP contribution in [0.2, 0.25) is 0 Å². The van der Waals surface area contributed by atoms with E-state index in [1.807, 2.05) is 24.3 Å². The first kappa shape index (κ1) is 12.6. The summed E-state index contributed by atoms with van der Waals surface area (Å²) in [4.78, 5) is 18.0. The maximum absolute atomic E-state index is 11.3. The zero-order valence-corrected chi connectivity index (χ0v) is 11.5. The van der Waals surface area contributed by atoms with Crippen molar-refractivity contribution in [3.8, 4) is 0 Å². The third-order valence-electron chi connectivity index (χ3n) is 4.35. The lowest BCUT2D eigenvalue weighted by atomic mass is 10.1. The average molecular weight is 284 g/mol. The summed E-state index contributed by atoms with van der Waals surface area (Å²) in [7, 11) is 0. The highest BCUT2D eigenvalue weighted by Gasteiger charge is 2.34. The van der Waals surface area contributed by atoms with Crippen molar-refractivity contribution in [2.45, 2.75) is 25.0 Å². The molecular formula is C16H16N2O3. The van der Waals surface area contributed by atoms with Crippen LogP contribution in [0.4, 0.5) is 5.82 Å². The molecule has 2 atom stereocenters. The van der Waals surface area contributed by atoms with Crippen LogP contribution in [0, 0.1) is 0 Å². The van der Waals surface area contributed by atoms with E-state index in [0.29, 0.717) is 0 Å². The van der Waals surface area contributed by atoms with E-state index in [1.165, 1.54) is 6.20 Å². The second-order valence-electron chi connectivity index (χ2n) is 5.71. The zero-order valence-electron chi connectivity index (χ0n) is 11.5. The Balaban J connectivity index is 1.82. The van der Waals surface area contributed by atoms with Crippen LogP contribution in [0.1, 0.15) is 23.2 Å². The summed E-state index contributed by atoms with van der Waals surface area (Å²) in [6.45, 7) is 1.67. The van der Waals surface area contributed by atoms with Crippen LogP contribution in [0.5, 0.6) is 0 Å². The van der Waals surface area contributed by atoms with Crippen LogP contribution in [0.3, 0.4) is 0 Å². The van der Waals surface area contributed by atoms with Gasteiger partial charge in [0.05, 0.1) is 17.8 Å². The second-order valence-corrected chi connectivity index (χ2v) is 5.71. The molecule has 0 aliphatic carbocycles. The van der Waals surface area contributed by atoms with Crippen molar-refractivity contribution in [1.82, 2.24) is 4.98 Å². The number of carboxylic acids is 1. The first-order chi connectivity index (χ1) is 10.2. The third kappa shape index (κ3) is 2.05. The van der Waals surface area contributed by atoms with Crippen molar-refractivity contribution in [2.75, 3.05) is 18.0 Å². The number of aromatic carboxylic acids is 1. The molecule has 2 bridgehead atoms. The Labute approximate surface area is 122 Å². The molecule has 5 heteroatoms. The number of pyridine rings is 1. The molecule has 0 spiro atoms. The van der Waals surface area contributed by atoms with Gasteiger partial charge in [-0.25, -0.2) is 9.78 Å². The monoisotopic (exact) mass is 284 g/mol. The molecule has 5 nitrogen and oxygen atoms in total. The van der Waals surface area contributed by atoms with Gasteiger partial charge < -0.3 is 14.7 Å². The van der Waals surface area contributed by atoms with Crippen molar-refractivity contribution in [3.05, 3.63) is 36.0 Å². The maximum atomic E-state index is 11.3. The quantitative estimate of drug-likeness (QED) is 0.916. The van der Waals surface area contributed by atoms with Gasteiger partial charge in [-0.2, -0.15) is 0 Å². The Kier molecular flexibility index (Phi) is 2.82. The number of carboxylic acid groups (broad SMARTS) is 1. The van der Waals surface area contributed by atoms with Crippen LogP contribution < -0.4 is 4.90 Å². The molecule has 1 N–H and O–H groups in total. The molecule has 0 saturated carbocycles. The first-order valence-corrected chi connectivity index (χ1v) is 7.24. The molecular weight excluding hydrogens is 268 g/mol. The fourth-order valence-electron chi connectivity index (χ4n) is 3.39. The number of ether oxygens (including phenoxy) is 1. The van der Waals surface area contributed by atoms with Crippen molar-refractivity contribution < 1.29 is 14.6 Å². The molecule has 1 aromatic heterocycles. The number of rotatable bonds is 2. The van der Waals surface area contributed by atoms with Crippen molar-refractivity contribution in [3.63, 3.8) is 0 Å². The maximum Gasteiger partial charge on any atom is 0.337 e. The summed E-state index contributed by atoms with van der Waals surface area (Å²) < 4.78 is 5.86. The van der Waals surface area contributed by atoms with Gasteiger partial charge in [0.25, 0.3) is 0 Å². The number of fused-ring (bicyclic) bond motifs is 3. The Hall–Kier alpha value is -2.14. The molecule has 2 aliphatic heterocycles. The molecule has 2 aliphatic rings. The van der Waals surface area contributed by atoms with E-state index in [-0.39, 0.29) is 17.8 Å². The van der Waals surface area contributed by atoms with Crippen LogP contribution in [0.15, 0.2) is 30.5 Å². The molecule has 0 amide bonds. The number of hydrogen-bond acceptors (Lipinski definition) is 4. The zero-order chi connectivity index (χ0) is 14.4. The van der Waals surface area contributed by atoms with Gasteiger partial charge in [0.15, 0.2) is 0 Å². The summed E-state index contributed by atoms with van der Waals surface area (Å²) in [5, 5.41) is 11.0. The summed E-state index contributed by atoms with van der Waals surface area (Å²) in [5.41, 5.74) is 0.255. The third-order valence-corrected chi connectivity index (χ3v) is 4.35. The van der Waals surface area contributed by atoms with Crippen molar-refractivity contribution in [2.24, 2.45) is 0 Å². The van der Waals surface area contributed by atoms with E-state index in [0.717, 1.165) is 42.5 Å². The standard InChI is InChI=1S/C16H16N2O3/c19-16(20)14-7-17-15(13-4-2-1-3-12(13)14)18-8-10-5-6-11(9-18)21-10/h1-4,7,10-11H,5-6,8-9H2,(H,19,20). The lowest BCUT2D eigenvalue weighted by molar-refractivity contribution is 0.0303. The smallest absolute Gasteiger partial charge is 0.337 e. The number of nitrogens with zero attached hydrogens (tertiary/aromatic N) is 2. The molecule has 2 fully saturated rings. The van der Waals surface area contributed by atoms with Crippen LogP contribution >= 0.6 is 0 Å². The number of morpholine rings is 1. The van der Waals surface area contributed by atoms with Crippen LogP contribution in [-0.2, 0) is 4.74 Å². The summed E-state index contributed by atoms with van der Waals surface area (Å²) >= 11 is 0.